The lowest BCUT2D eigenvalue weighted by Gasteiger charge is -2.10. The molecule has 124 valence electrons. The Morgan fingerprint density at radius 3 is 2.83 bits per heavy atom. The normalized spacial score (nSPS) is 10.8. The second kappa shape index (κ2) is 7.49. The summed E-state index contributed by atoms with van der Waals surface area (Å²) in [7, 11) is 0. The molecule has 0 spiro atoms. The highest BCUT2D eigenvalue weighted by atomic mass is 79.9. The van der Waals surface area contributed by atoms with Gasteiger partial charge >= 0.3 is 0 Å². The fraction of sp³-hybridized carbons (Fsp3) is 0.222. The molecule has 0 aliphatic heterocycles. The van der Waals surface area contributed by atoms with Gasteiger partial charge in [0.1, 0.15) is 11.6 Å². The van der Waals surface area contributed by atoms with Crippen LogP contribution in [0.2, 0.25) is 0 Å². The zero-order valence-electron chi connectivity index (χ0n) is 13.3. The number of halogens is 1. The van der Waals surface area contributed by atoms with Gasteiger partial charge in [0.2, 0.25) is 0 Å². The van der Waals surface area contributed by atoms with Crippen LogP contribution < -0.4 is 10.1 Å². The average Bonchev–Trinajstić information content (AvgIpc) is 3.00. The Labute approximate surface area is 148 Å². The molecule has 1 heterocycles. The number of benzene rings is 2. The van der Waals surface area contributed by atoms with Crippen molar-refractivity contribution in [1.29, 1.82) is 0 Å². The highest BCUT2D eigenvalue weighted by molar-refractivity contribution is 9.10. The predicted octanol–water partition coefficient (Wildman–Crippen LogP) is 4.23. The van der Waals surface area contributed by atoms with Gasteiger partial charge in [0.15, 0.2) is 6.61 Å². The van der Waals surface area contributed by atoms with Crippen LogP contribution in [0.15, 0.2) is 53.1 Å². The number of fused-ring (bicyclic) bond motifs is 1. The Morgan fingerprint density at radius 2 is 2.00 bits per heavy atom. The maximum Gasteiger partial charge on any atom is 0.263 e. The van der Waals surface area contributed by atoms with Crippen molar-refractivity contribution >= 4 is 38.4 Å². The minimum Gasteiger partial charge on any atom is -0.484 e. The first-order valence-electron chi connectivity index (χ1n) is 7.79. The second-order valence-electron chi connectivity index (χ2n) is 5.43. The van der Waals surface area contributed by atoms with Crippen LogP contribution in [0.1, 0.15) is 13.3 Å². The fourth-order valence-corrected chi connectivity index (χ4v) is 2.82. The van der Waals surface area contributed by atoms with Gasteiger partial charge in [-0.05, 0) is 41.5 Å². The van der Waals surface area contributed by atoms with Gasteiger partial charge in [-0.2, -0.15) is 5.10 Å². The Morgan fingerprint density at radius 1 is 1.21 bits per heavy atom. The standard InChI is InChI=1S/C18H18BrN3O2/c1-2-9-22-17(7-8-20-22)21-18(23)12-24-16-6-4-13-10-15(19)5-3-14(13)11-16/h3-8,10-11H,2,9,12H2,1H3,(H,21,23). The van der Waals surface area contributed by atoms with Crippen LogP contribution in [-0.4, -0.2) is 22.3 Å². The molecule has 0 aliphatic rings. The third-order valence-electron chi connectivity index (χ3n) is 3.56. The number of hydrogen-bond acceptors (Lipinski definition) is 3. The van der Waals surface area contributed by atoms with E-state index in [4.69, 9.17) is 4.74 Å². The van der Waals surface area contributed by atoms with Crippen LogP contribution in [0.25, 0.3) is 10.8 Å². The number of nitrogens with one attached hydrogen (secondary N) is 1. The number of hydrogen-bond donors (Lipinski definition) is 1. The minimum atomic E-state index is -0.205. The molecule has 0 radical (unpaired) electrons. The van der Waals surface area contributed by atoms with E-state index in [1.165, 1.54) is 0 Å². The Bertz CT molecular complexity index is 860. The van der Waals surface area contributed by atoms with Crippen molar-refractivity contribution in [3.63, 3.8) is 0 Å². The largest absolute Gasteiger partial charge is 0.484 e. The Hall–Kier alpha value is -2.34. The van der Waals surface area contributed by atoms with Gasteiger partial charge in [-0.15, -0.1) is 0 Å². The van der Waals surface area contributed by atoms with Crippen LogP contribution in [-0.2, 0) is 11.3 Å². The molecule has 1 N–H and O–H groups in total. The topological polar surface area (TPSA) is 56.2 Å². The molecule has 0 aliphatic carbocycles. The summed E-state index contributed by atoms with van der Waals surface area (Å²) in [4.78, 5) is 12.1. The average molecular weight is 388 g/mol. The molecule has 0 fully saturated rings. The number of aromatic nitrogens is 2. The number of rotatable bonds is 6. The minimum absolute atomic E-state index is 0.0423. The molecule has 3 rings (SSSR count). The van der Waals surface area contributed by atoms with E-state index in [9.17, 15) is 4.79 Å². The van der Waals surface area contributed by atoms with Gasteiger partial charge in [0.05, 0.1) is 6.20 Å². The van der Waals surface area contributed by atoms with E-state index in [2.05, 4.69) is 33.3 Å². The molecule has 0 bridgehead atoms. The predicted molar refractivity (Wildman–Crippen MR) is 98.3 cm³/mol. The maximum absolute atomic E-state index is 12.1. The van der Waals surface area contributed by atoms with Crippen LogP contribution in [0.4, 0.5) is 5.82 Å². The van der Waals surface area contributed by atoms with E-state index in [0.29, 0.717) is 11.6 Å². The molecule has 0 saturated carbocycles. The van der Waals surface area contributed by atoms with E-state index in [-0.39, 0.29) is 12.5 Å². The van der Waals surface area contributed by atoms with E-state index < -0.39 is 0 Å². The first-order valence-corrected chi connectivity index (χ1v) is 8.59. The van der Waals surface area contributed by atoms with E-state index in [1.54, 1.807) is 16.9 Å². The lowest BCUT2D eigenvalue weighted by Crippen LogP contribution is -2.22. The number of carbonyl (C=O) groups excluding carboxylic acids is 1. The van der Waals surface area contributed by atoms with Gasteiger partial charge in [-0.25, -0.2) is 4.68 Å². The number of aryl methyl sites for hydroxylation is 1. The van der Waals surface area contributed by atoms with Crippen molar-refractivity contribution in [2.75, 3.05) is 11.9 Å². The number of anilines is 1. The van der Waals surface area contributed by atoms with Crippen molar-refractivity contribution in [2.45, 2.75) is 19.9 Å². The van der Waals surface area contributed by atoms with Crippen molar-refractivity contribution in [3.8, 4) is 5.75 Å². The summed E-state index contributed by atoms with van der Waals surface area (Å²) in [5, 5.41) is 9.18. The smallest absolute Gasteiger partial charge is 0.263 e. The zero-order chi connectivity index (χ0) is 16.9. The summed E-state index contributed by atoms with van der Waals surface area (Å²) in [5.74, 6) is 1.15. The SMILES string of the molecule is CCCn1nccc1NC(=O)COc1ccc2cc(Br)ccc2c1. The summed E-state index contributed by atoms with van der Waals surface area (Å²) in [6, 6.07) is 13.6. The van der Waals surface area contributed by atoms with Crippen molar-refractivity contribution < 1.29 is 9.53 Å². The van der Waals surface area contributed by atoms with Crippen molar-refractivity contribution in [1.82, 2.24) is 9.78 Å². The quantitative estimate of drug-likeness (QED) is 0.688. The fourth-order valence-electron chi connectivity index (χ4n) is 2.44. The highest BCUT2D eigenvalue weighted by Gasteiger charge is 2.08. The summed E-state index contributed by atoms with van der Waals surface area (Å²) < 4.78 is 8.40. The molecule has 2 aromatic carbocycles. The molecule has 1 aromatic heterocycles. The van der Waals surface area contributed by atoms with Crippen molar-refractivity contribution in [3.05, 3.63) is 53.1 Å². The molecule has 5 nitrogen and oxygen atoms in total. The summed E-state index contributed by atoms with van der Waals surface area (Å²) >= 11 is 3.45. The maximum atomic E-state index is 12.1. The summed E-state index contributed by atoms with van der Waals surface area (Å²) in [6.07, 6.45) is 2.63. The number of ether oxygens (including phenoxy) is 1. The molecular weight excluding hydrogens is 370 g/mol. The number of nitrogens with zero attached hydrogens (tertiary/aromatic N) is 2. The monoisotopic (exact) mass is 387 g/mol. The van der Waals surface area contributed by atoms with Crippen LogP contribution >= 0.6 is 15.9 Å². The lowest BCUT2D eigenvalue weighted by atomic mass is 10.1. The van der Waals surface area contributed by atoms with Crippen molar-refractivity contribution in [2.24, 2.45) is 0 Å². The van der Waals surface area contributed by atoms with Gasteiger partial charge in [0.25, 0.3) is 5.91 Å². The molecule has 0 unspecified atom stereocenters. The van der Waals surface area contributed by atoms with Crippen LogP contribution in [0.3, 0.4) is 0 Å². The zero-order valence-corrected chi connectivity index (χ0v) is 14.9. The van der Waals surface area contributed by atoms with Gasteiger partial charge in [-0.3, -0.25) is 4.79 Å². The number of carbonyl (C=O) groups is 1. The third kappa shape index (κ3) is 3.94. The van der Waals surface area contributed by atoms with Gasteiger partial charge in [-0.1, -0.05) is 35.0 Å². The molecule has 6 heteroatoms. The third-order valence-corrected chi connectivity index (χ3v) is 4.06. The molecular formula is C18H18BrN3O2. The lowest BCUT2D eigenvalue weighted by molar-refractivity contribution is -0.118. The first-order chi connectivity index (χ1) is 11.7. The molecule has 3 aromatic rings. The summed E-state index contributed by atoms with van der Waals surface area (Å²) in [5.41, 5.74) is 0. The van der Waals surface area contributed by atoms with Crippen LogP contribution in [0.5, 0.6) is 5.75 Å². The first kappa shape index (κ1) is 16.5. The number of amides is 1. The molecule has 24 heavy (non-hydrogen) atoms. The Balaban J connectivity index is 1.61. The van der Waals surface area contributed by atoms with E-state index in [0.717, 1.165) is 28.2 Å². The Kier molecular flexibility index (Phi) is 5.15. The van der Waals surface area contributed by atoms with Gasteiger partial charge in [0, 0.05) is 17.1 Å². The molecule has 0 atom stereocenters. The second-order valence-corrected chi connectivity index (χ2v) is 6.35. The molecule has 0 saturated heterocycles. The summed E-state index contributed by atoms with van der Waals surface area (Å²) in [6.45, 7) is 2.79. The van der Waals surface area contributed by atoms with E-state index >= 15 is 0 Å². The van der Waals surface area contributed by atoms with E-state index in [1.807, 2.05) is 36.4 Å². The van der Waals surface area contributed by atoms with Gasteiger partial charge < -0.3 is 10.1 Å². The molecule has 1 amide bonds. The van der Waals surface area contributed by atoms with Crippen LogP contribution in [0, 0.1) is 0 Å². The highest BCUT2D eigenvalue weighted by Crippen LogP contribution is 2.24.